The number of aromatic nitrogens is 1. The van der Waals surface area contributed by atoms with Crippen LogP contribution in [0, 0.1) is 0 Å². The molecule has 0 spiro atoms. The van der Waals surface area contributed by atoms with E-state index in [0.29, 0.717) is 51.2 Å². The van der Waals surface area contributed by atoms with E-state index in [-0.39, 0.29) is 11.6 Å². The van der Waals surface area contributed by atoms with E-state index in [4.69, 9.17) is 18.6 Å². The Morgan fingerprint density at radius 1 is 0.755 bits per heavy atom. The molecule has 0 saturated carbocycles. The van der Waals surface area contributed by atoms with Crippen molar-refractivity contribution in [1.82, 2.24) is 10.3 Å². The van der Waals surface area contributed by atoms with E-state index in [1.54, 1.807) is 54.6 Å². The number of methoxy groups -OCH3 is 3. The normalized spacial score (nSPS) is 11.7. The first-order valence-corrected chi connectivity index (χ1v) is 17.4. The molecule has 0 radical (unpaired) electrons. The monoisotopic (exact) mass is 728 g/mol. The highest BCUT2D eigenvalue weighted by Gasteiger charge is 2.19. The first-order valence-electron chi connectivity index (χ1n) is 16.5. The second-order valence-electron chi connectivity index (χ2n) is 11.6. The van der Waals surface area contributed by atoms with Gasteiger partial charge in [-0.15, -0.1) is 11.8 Å². The van der Waals surface area contributed by atoms with E-state index >= 15 is 0 Å². The summed E-state index contributed by atoms with van der Waals surface area (Å²) >= 11 is 1.37. The van der Waals surface area contributed by atoms with Crippen LogP contribution in [-0.4, -0.2) is 49.3 Å². The third kappa shape index (κ3) is 8.86. The lowest BCUT2D eigenvalue weighted by molar-refractivity contribution is -0.115. The van der Waals surface area contributed by atoms with Crippen molar-refractivity contribution in [3.8, 4) is 28.7 Å². The minimum absolute atomic E-state index is 0.0150. The molecule has 1 unspecified atom stereocenters. The average Bonchev–Trinajstić information content (AvgIpc) is 3.63. The Balaban J connectivity index is 1.11. The molecular formula is C41H36N4O7S. The van der Waals surface area contributed by atoms with Crippen molar-refractivity contribution in [1.29, 1.82) is 0 Å². The van der Waals surface area contributed by atoms with Crippen molar-refractivity contribution in [2.45, 2.75) is 17.1 Å². The van der Waals surface area contributed by atoms with Gasteiger partial charge in [-0.2, -0.15) is 0 Å². The maximum Gasteiger partial charge on any atom is 0.272 e. The van der Waals surface area contributed by atoms with Crippen LogP contribution in [0.3, 0.4) is 0 Å². The molecule has 0 aliphatic heterocycles. The molecule has 53 heavy (non-hydrogen) atoms. The number of thioether (sulfide) groups is 1. The third-order valence-corrected chi connectivity index (χ3v) is 9.13. The number of nitrogens with zero attached hydrogens (tertiary/aromatic N) is 1. The van der Waals surface area contributed by atoms with E-state index in [1.807, 2.05) is 67.6 Å². The SMILES string of the molecule is COc1cc(/C=C(\NC(=O)c2ccccc2)C(=O)Nc2ccc(SC(C)C(=O)Nc3ccc(-c4nc5ccccc5o4)cc3)cc2)cc(OC)c1OC. The van der Waals surface area contributed by atoms with Crippen molar-refractivity contribution in [3.05, 3.63) is 132 Å². The van der Waals surface area contributed by atoms with Gasteiger partial charge in [0.05, 0.1) is 26.6 Å². The molecule has 12 heteroatoms. The molecule has 1 aromatic heterocycles. The number of ether oxygens (including phenoxy) is 3. The van der Waals surface area contributed by atoms with Crippen LogP contribution in [-0.2, 0) is 9.59 Å². The zero-order valence-electron chi connectivity index (χ0n) is 29.3. The molecule has 0 fully saturated rings. The van der Waals surface area contributed by atoms with Gasteiger partial charge in [0.2, 0.25) is 17.5 Å². The molecule has 3 amide bonds. The lowest BCUT2D eigenvalue weighted by Crippen LogP contribution is -2.30. The summed E-state index contributed by atoms with van der Waals surface area (Å²) in [6.45, 7) is 1.82. The highest BCUT2D eigenvalue weighted by molar-refractivity contribution is 8.00. The third-order valence-electron chi connectivity index (χ3n) is 8.01. The summed E-state index contributed by atoms with van der Waals surface area (Å²) in [5, 5.41) is 8.11. The second-order valence-corrected chi connectivity index (χ2v) is 13.0. The van der Waals surface area contributed by atoms with E-state index in [0.717, 1.165) is 16.0 Å². The largest absolute Gasteiger partial charge is 0.493 e. The van der Waals surface area contributed by atoms with E-state index in [2.05, 4.69) is 20.9 Å². The number of carbonyl (C=O) groups is 3. The average molecular weight is 729 g/mol. The fourth-order valence-corrected chi connectivity index (χ4v) is 6.17. The van der Waals surface area contributed by atoms with Gasteiger partial charge < -0.3 is 34.6 Å². The number of benzene rings is 5. The van der Waals surface area contributed by atoms with Crippen molar-refractivity contribution >= 4 is 58.0 Å². The number of nitrogens with one attached hydrogen (secondary N) is 3. The minimum atomic E-state index is -0.557. The fraction of sp³-hybridized carbons (Fsp3) is 0.122. The molecule has 0 aliphatic carbocycles. The number of hydrogen-bond donors (Lipinski definition) is 3. The van der Waals surface area contributed by atoms with Gasteiger partial charge >= 0.3 is 0 Å². The van der Waals surface area contributed by atoms with Crippen LogP contribution in [0.4, 0.5) is 11.4 Å². The van der Waals surface area contributed by atoms with E-state index < -0.39 is 17.1 Å². The molecule has 0 bridgehead atoms. The molecule has 3 N–H and O–H groups in total. The Bertz CT molecular complexity index is 2210. The van der Waals surface area contributed by atoms with Crippen molar-refractivity contribution < 1.29 is 33.0 Å². The maximum atomic E-state index is 13.6. The summed E-state index contributed by atoms with van der Waals surface area (Å²) in [6.07, 6.45) is 1.52. The molecule has 6 aromatic rings. The van der Waals surface area contributed by atoms with Gasteiger partial charge in [-0.25, -0.2) is 4.98 Å². The van der Waals surface area contributed by atoms with Gasteiger partial charge in [-0.3, -0.25) is 14.4 Å². The molecule has 6 rings (SSSR count). The van der Waals surface area contributed by atoms with Crippen LogP contribution in [0.15, 0.2) is 130 Å². The number of anilines is 2. The predicted molar refractivity (Wildman–Crippen MR) is 206 cm³/mol. The van der Waals surface area contributed by atoms with Gasteiger partial charge in [0, 0.05) is 27.4 Å². The van der Waals surface area contributed by atoms with Crippen LogP contribution < -0.4 is 30.2 Å². The summed E-state index contributed by atoms with van der Waals surface area (Å²) in [6, 6.07) is 33.9. The summed E-state index contributed by atoms with van der Waals surface area (Å²) in [5.74, 6) is 0.488. The number of amides is 3. The Hall–Kier alpha value is -6.53. The Labute approximate surface area is 310 Å². The molecule has 0 saturated heterocycles. The minimum Gasteiger partial charge on any atom is -0.493 e. The summed E-state index contributed by atoms with van der Waals surface area (Å²) < 4.78 is 22.2. The van der Waals surface area contributed by atoms with Crippen molar-refractivity contribution in [2.24, 2.45) is 0 Å². The molecule has 5 aromatic carbocycles. The topological polar surface area (TPSA) is 141 Å². The number of rotatable bonds is 13. The van der Waals surface area contributed by atoms with Gasteiger partial charge in [-0.05, 0) is 103 Å². The number of hydrogen-bond acceptors (Lipinski definition) is 9. The molecule has 1 atom stereocenters. The molecule has 268 valence electrons. The van der Waals surface area contributed by atoms with Crippen molar-refractivity contribution in [2.75, 3.05) is 32.0 Å². The Morgan fingerprint density at radius 3 is 2.02 bits per heavy atom. The molecular weight excluding hydrogens is 693 g/mol. The molecule has 1 heterocycles. The standard InChI is InChI=1S/C41H36N4O7S/c1-25(38(46)42-29-16-14-28(15-17-29)41-45-32-12-8-9-13-34(32)52-41)53-31-20-18-30(19-21-31)43-40(48)33(44-39(47)27-10-6-5-7-11-27)22-26-23-35(49-2)37(51-4)36(24-26)50-3/h5-25H,1-4H3,(H,42,46)(H,43,48)(H,44,47)/b33-22-. The lowest BCUT2D eigenvalue weighted by Gasteiger charge is -2.15. The summed E-state index contributed by atoms with van der Waals surface area (Å²) in [5.41, 5.74) is 4.32. The first-order chi connectivity index (χ1) is 25.7. The highest BCUT2D eigenvalue weighted by Crippen LogP contribution is 2.39. The van der Waals surface area contributed by atoms with E-state index in [9.17, 15) is 14.4 Å². The first kappa shape index (κ1) is 36.3. The quantitative estimate of drug-likeness (QED) is 0.0796. The predicted octanol–water partition coefficient (Wildman–Crippen LogP) is 8.05. The second kappa shape index (κ2) is 16.7. The van der Waals surface area contributed by atoms with Crippen LogP contribution in [0.2, 0.25) is 0 Å². The lowest BCUT2D eigenvalue weighted by atomic mass is 10.1. The van der Waals surface area contributed by atoms with Crippen LogP contribution >= 0.6 is 11.8 Å². The van der Waals surface area contributed by atoms with E-state index in [1.165, 1.54) is 39.2 Å². The van der Waals surface area contributed by atoms with Crippen molar-refractivity contribution in [3.63, 3.8) is 0 Å². The van der Waals surface area contributed by atoms with Crippen LogP contribution in [0.1, 0.15) is 22.8 Å². The smallest absolute Gasteiger partial charge is 0.272 e. The van der Waals surface area contributed by atoms with Gasteiger partial charge in [0.1, 0.15) is 11.2 Å². The van der Waals surface area contributed by atoms with Gasteiger partial charge in [0.15, 0.2) is 17.1 Å². The maximum absolute atomic E-state index is 13.6. The number of carbonyl (C=O) groups excluding carboxylic acids is 3. The Kier molecular flexibility index (Phi) is 11.4. The highest BCUT2D eigenvalue weighted by atomic mass is 32.2. The zero-order chi connectivity index (χ0) is 37.3. The van der Waals surface area contributed by atoms with Crippen LogP contribution in [0.5, 0.6) is 17.2 Å². The van der Waals surface area contributed by atoms with Gasteiger partial charge in [0.25, 0.3) is 11.8 Å². The number of fused-ring (bicyclic) bond motifs is 1. The number of oxazole rings is 1. The summed E-state index contributed by atoms with van der Waals surface area (Å²) in [4.78, 5) is 45.2. The summed E-state index contributed by atoms with van der Waals surface area (Å²) in [7, 11) is 4.48. The van der Waals surface area contributed by atoms with Crippen LogP contribution in [0.25, 0.3) is 28.6 Å². The van der Waals surface area contributed by atoms with Gasteiger partial charge in [-0.1, -0.05) is 30.3 Å². The zero-order valence-corrected chi connectivity index (χ0v) is 30.2. The fourth-order valence-electron chi connectivity index (χ4n) is 5.30. The number of para-hydroxylation sites is 2. The Morgan fingerprint density at radius 2 is 1.38 bits per heavy atom. The molecule has 11 nitrogen and oxygen atoms in total. The molecule has 0 aliphatic rings.